The first-order valence-electron chi connectivity index (χ1n) is 7.93. The average Bonchev–Trinajstić information content (AvgIpc) is 2.51. The minimum Gasteiger partial charge on any atom is -0.492 e. The normalized spacial score (nSPS) is 11.0. The van der Waals surface area contributed by atoms with E-state index in [0.717, 1.165) is 51.5 Å². The second-order valence-corrected chi connectivity index (χ2v) is 5.10. The summed E-state index contributed by atoms with van der Waals surface area (Å²) in [5.74, 6) is 0.952. The molecule has 0 aromatic heterocycles. The summed E-state index contributed by atoms with van der Waals surface area (Å²) in [6.45, 7) is 10.7. The average molecular weight is 294 g/mol. The standard InChI is InChI=1S/C17H30N2O2/c1-4-9-18-15-16-7-6-8-17(14-16)21-13-11-19(5-2)10-12-20-3/h6-8,14,18H,4-5,9-13,15H2,1-3H3. The Kier molecular flexibility index (Phi) is 9.87. The molecule has 1 aromatic carbocycles. The summed E-state index contributed by atoms with van der Waals surface area (Å²) in [6, 6.07) is 8.33. The molecule has 4 nitrogen and oxygen atoms in total. The molecule has 0 aliphatic heterocycles. The summed E-state index contributed by atoms with van der Waals surface area (Å²) in [4.78, 5) is 2.33. The van der Waals surface area contributed by atoms with Gasteiger partial charge >= 0.3 is 0 Å². The molecular weight excluding hydrogens is 264 g/mol. The van der Waals surface area contributed by atoms with Crippen molar-refractivity contribution in [3.63, 3.8) is 0 Å². The molecule has 0 spiro atoms. The van der Waals surface area contributed by atoms with Crippen molar-refractivity contribution < 1.29 is 9.47 Å². The molecule has 0 aliphatic rings. The highest BCUT2D eigenvalue weighted by Crippen LogP contribution is 2.13. The lowest BCUT2D eigenvalue weighted by Crippen LogP contribution is -2.31. The lowest BCUT2D eigenvalue weighted by Gasteiger charge is -2.20. The van der Waals surface area contributed by atoms with Gasteiger partial charge < -0.3 is 14.8 Å². The predicted molar refractivity (Wildman–Crippen MR) is 87.9 cm³/mol. The van der Waals surface area contributed by atoms with Gasteiger partial charge in [-0.15, -0.1) is 0 Å². The van der Waals surface area contributed by atoms with Crippen LogP contribution >= 0.6 is 0 Å². The van der Waals surface area contributed by atoms with Crippen LogP contribution in [0, 0.1) is 0 Å². The van der Waals surface area contributed by atoms with E-state index < -0.39 is 0 Å². The van der Waals surface area contributed by atoms with Crippen LogP contribution in [0.4, 0.5) is 0 Å². The van der Waals surface area contributed by atoms with Crippen molar-refractivity contribution in [3.05, 3.63) is 29.8 Å². The fourth-order valence-corrected chi connectivity index (χ4v) is 2.10. The van der Waals surface area contributed by atoms with Gasteiger partial charge in [0.2, 0.25) is 0 Å². The molecule has 0 amide bonds. The Morgan fingerprint density at radius 1 is 1.14 bits per heavy atom. The maximum Gasteiger partial charge on any atom is 0.119 e. The number of likely N-dealkylation sites (N-methyl/N-ethyl adjacent to an activating group) is 1. The van der Waals surface area contributed by atoms with E-state index in [1.54, 1.807) is 7.11 Å². The van der Waals surface area contributed by atoms with E-state index in [0.29, 0.717) is 6.61 Å². The molecule has 1 rings (SSSR count). The second-order valence-electron chi connectivity index (χ2n) is 5.10. The van der Waals surface area contributed by atoms with Gasteiger partial charge in [0.05, 0.1) is 6.61 Å². The molecule has 0 radical (unpaired) electrons. The highest BCUT2D eigenvalue weighted by Gasteiger charge is 2.02. The number of ether oxygens (including phenoxy) is 2. The minimum absolute atomic E-state index is 0.712. The molecule has 0 unspecified atom stereocenters. The zero-order valence-corrected chi connectivity index (χ0v) is 13.7. The van der Waals surface area contributed by atoms with Gasteiger partial charge in [-0.2, -0.15) is 0 Å². The molecule has 21 heavy (non-hydrogen) atoms. The molecular formula is C17H30N2O2. The van der Waals surface area contributed by atoms with Gasteiger partial charge in [0.1, 0.15) is 12.4 Å². The second kappa shape index (κ2) is 11.5. The number of methoxy groups -OCH3 is 1. The van der Waals surface area contributed by atoms with Gasteiger partial charge in [0, 0.05) is 26.7 Å². The van der Waals surface area contributed by atoms with Crippen molar-refractivity contribution >= 4 is 0 Å². The van der Waals surface area contributed by atoms with Gasteiger partial charge in [-0.3, -0.25) is 4.90 Å². The van der Waals surface area contributed by atoms with E-state index in [-0.39, 0.29) is 0 Å². The first-order chi connectivity index (χ1) is 10.3. The van der Waals surface area contributed by atoms with Crippen molar-refractivity contribution in [1.29, 1.82) is 0 Å². The zero-order valence-electron chi connectivity index (χ0n) is 13.7. The van der Waals surface area contributed by atoms with Crippen LogP contribution in [0.15, 0.2) is 24.3 Å². The highest BCUT2D eigenvalue weighted by molar-refractivity contribution is 5.28. The van der Waals surface area contributed by atoms with Crippen LogP contribution in [0.25, 0.3) is 0 Å². The first kappa shape index (κ1) is 18.0. The molecule has 0 heterocycles. The molecule has 0 fully saturated rings. The summed E-state index contributed by atoms with van der Waals surface area (Å²) in [6.07, 6.45) is 1.16. The van der Waals surface area contributed by atoms with Crippen LogP contribution in [-0.4, -0.2) is 51.4 Å². The molecule has 1 aromatic rings. The van der Waals surface area contributed by atoms with Crippen LogP contribution in [0.3, 0.4) is 0 Å². The summed E-state index contributed by atoms with van der Waals surface area (Å²) in [5.41, 5.74) is 1.27. The van der Waals surface area contributed by atoms with Gasteiger partial charge in [-0.05, 0) is 37.2 Å². The summed E-state index contributed by atoms with van der Waals surface area (Å²) >= 11 is 0. The molecule has 4 heteroatoms. The lowest BCUT2D eigenvalue weighted by atomic mass is 10.2. The number of hydrogen-bond donors (Lipinski definition) is 1. The van der Waals surface area contributed by atoms with Crippen LogP contribution in [0.5, 0.6) is 5.75 Å². The number of hydrogen-bond acceptors (Lipinski definition) is 4. The van der Waals surface area contributed by atoms with Gasteiger partial charge in [0.15, 0.2) is 0 Å². The lowest BCUT2D eigenvalue weighted by molar-refractivity contribution is 0.138. The van der Waals surface area contributed by atoms with E-state index in [2.05, 4.69) is 42.3 Å². The predicted octanol–water partition coefficient (Wildman–Crippen LogP) is 2.53. The van der Waals surface area contributed by atoms with Crippen molar-refractivity contribution in [1.82, 2.24) is 10.2 Å². The number of benzene rings is 1. The van der Waals surface area contributed by atoms with E-state index in [1.165, 1.54) is 5.56 Å². The van der Waals surface area contributed by atoms with E-state index in [4.69, 9.17) is 9.47 Å². The number of nitrogens with zero attached hydrogens (tertiary/aromatic N) is 1. The maximum atomic E-state index is 5.85. The summed E-state index contributed by atoms with van der Waals surface area (Å²) < 4.78 is 11.0. The third-order valence-corrected chi connectivity index (χ3v) is 3.39. The van der Waals surface area contributed by atoms with Crippen LogP contribution in [0.1, 0.15) is 25.8 Å². The highest BCUT2D eigenvalue weighted by atomic mass is 16.5. The van der Waals surface area contributed by atoms with E-state index in [1.807, 2.05) is 6.07 Å². The number of rotatable bonds is 12. The Hall–Kier alpha value is -1.10. The molecule has 120 valence electrons. The first-order valence-corrected chi connectivity index (χ1v) is 7.93. The van der Waals surface area contributed by atoms with E-state index in [9.17, 15) is 0 Å². The van der Waals surface area contributed by atoms with Gasteiger partial charge in [-0.1, -0.05) is 26.0 Å². The van der Waals surface area contributed by atoms with Crippen LogP contribution in [0.2, 0.25) is 0 Å². The van der Waals surface area contributed by atoms with E-state index >= 15 is 0 Å². The molecule has 0 bridgehead atoms. The minimum atomic E-state index is 0.712. The molecule has 0 atom stereocenters. The third kappa shape index (κ3) is 8.05. The Morgan fingerprint density at radius 2 is 1.95 bits per heavy atom. The zero-order chi connectivity index (χ0) is 15.3. The Bertz CT molecular complexity index is 372. The van der Waals surface area contributed by atoms with Crippen molar-refractivity contribution in [2.24, 2.45) is 0 Å². The molecule has 0 saturated heterocycles. The fraction of sp³-hybridized carbons (Fsp3) is 0.647. The van der Waals surface area contributed by atoms with Gasteiger partial charge in [-0.25, -0.2) is 0 Å². The largest absolute Gasteiger partial charge is 0.492 e. The fourth-order valence-electron chi connectivity index (χ4n) is 2.10. The van der Waals surface area contributed by atoms with Crippen LogP contribution in [-0.2, 0) is 11.3 Å². The third-order valence-electron chi connectivity index (χ3n) is 3.39. The molecule has 0 aliphatic carbocycles. The monoisotopic (exact) mass is 294 g/mol. The molecule has 0 saturated carbocycles. The Morgan fingerprint density at radius 3 is 2.67 bits per heavy atom. The topological polar surface area (TPSA) is 33.7 Å². The smallest absolute Gasteiger partial charge is 0.119 e. The number of nitrogens with one attached hydrogen (secondary N) is 1. The Balaban J connectivity index is 2.32. The van der Waals surface area contributed by atoms with Crippen molar-refractivity contribution in [2.75, 3.05) is 46.5 Å². The summed E-state index contributed by atoms with van der Waals surface area (Å²) in [5, 5.41) is 3.41. The van der Waals surface area contributed by atoms with Crippen molar-refractivity contribution in [3.8, 4) is 5.75 Å². The quantitative estimate of drug-likeness (QED) is 0.601. The van der Waals surface area contributed by atoms with Crippen molar-refractivity contribution in [2.45, 2.75) is 26.8 Å². The maximum absolute atomic E-state index is 5.85. The summed E-state index contributed by atoms with van der Waals surface area (Å²) in [7, 11) is 1.74. The van der Waals surface area contributed by atoms with Gasteiger partial charge in [0.25, 0.3) is 0 Å². The Labute approximate surface area is 129 Å². The molecule has 1 N–H and O–H groups in total. The SMILES string of the molecule is CCCNCc1cccc(OCCN(CC)CCOC)c1. The van der Waals surface area contributed by atoms with Crippen LogP contribution < -0.4 is 10.1 Å².